The Kier molecular flexibility index (Phi) is 4.73. The van der Waals surface area contributed by atoms with Gasteiger partial charge in [-0.3, -0.25) is 0 Å². The highest BCUT2D eigenvalue weighted by Crippen LogP contribution is 2.33. The number of hydrogen-bond acceptors (Lipinski definition) is 2. The van der Waals surface area contributed by atoms with Gasteiger partial charge in [-0.2, -0.15) is 0 Å². The van der Waals surface area contributed by atoms with Crippen molar-refractivity contribution in [2.24, 2.45) is 11.8 Å². The molecule has 19 heavy (non-hydrogen) atoms. The van der Waals surface area contributed by atoms with Crippen LogP contribution in [0.3, 0.4) is 0 Å². The predicted molar refractivity (Wildman–Crippen MR) is 81.9 cm³/mol. The molecule has 1 aromatic carbocycles. The van der Waals surface area contributed by atoms with Crippen LogP contribution in [0.15, 0.2) is 18.2 Å². The SMILES string of the molecule is COc1ccc(C)cc1NC1CCCC(C(C)C)C1. The van der Waals surface area contributed by atoms with E-state index < -0.39 is 0 Å². The van der Waals surface area contributed by atoms with Crippen molar-refractivity contribution < 1.29 is 4.74 Å². The molecule has 2 atom stereocenters. The first-order valence-electron chi connectivity index (χ1n) is 7.51. The van der Waals surface area contributed by atoms with Crippen LogP contribution in [0.5, 0.6) is 5.75 Å². The van der Waals surface area contributed by atoms with Crippen LogP contribution in [0.2, 0.25) is 0 Å². The Morgan fingerprint density at radius 1 is 1.26 bits per heavy atom. The highest BCUT2D eigenvalue weighted by molar-refractivity contribution is 5.58. The quantitative estimate of drug-likeness (QED) is 0.853. The van der Waals surface area contributed by atoms with Gasteiger partial charge >= 0.3 is 0 Å². The molecule has 1 aliphatic rings. The minimum atomic E-state index is 0.594. The smallest absolute Gasteiger partial charge is 0.141 e. The fourth-order valence-corrected chi connectivity index (χ4v) is 3.12. The van der Waals surface area contributed by atoms with Crippen molar-refractivity contribution in [2.45, 2.75) is 52.5 Å². The van der Waals surface area contributed by atoms with Gasteiger partial charge in [-0.05, 0) is 49.3 Å². The first kappa shape index (κ1) is 14.2. The van der Waals surface area contributed by atoms with E-state index >= 15 is 0 Å². The Labute approximate surface area is 117 Å². The normalized spacial score (nSPS) is 23.4. The third-order valence-corrected chi connectivity index (χ3v) is 4.37. The van der Waals surface area contributed by atoms with Gasteiger partial charge in [0.2, 0.25) is 0 Å². The number of methoxy groups -OCH3 is 1. The minimum absolute atomic E-state index is 0.594. The second kappa shape index (κ2) is 6.31. The highest BCUT2D eigenvalue weighted by atomic mass is 16.5. The molecule has 2 unspecified atom stereocenters. The maximum absolute atomic E-state index is 5.45. The number of hydrogen-bond donors (Lipinski definition) is 1. The van der Waals surface area contributed by atoms with E-state index in [0.717, 1.165) is 23.3 Å². The van der Waals surface area contributed by atoms with Crippen LogP contribution in [0.1, 0.15) is 45.1 Å². The summed E-state index contributed by atoms with van der Waals surface area (Å²) in [6, 6.07) is 6.94. The molecule has 1 fully saturated rings. The molecule has 106 valence electrons. The Hall–Kier alpha value is -1.18. The average molecular weight is 261 g/mol. The fourth-order valence-electron chi connectivity index (χ4n) is 3.12. The van der Waals surface area contributed by atoms with Crippen molar-refractivity contribution in [2.75, 3.05) is 12.4 Å². The van der Waals surface area contributed by atoms with Gasteiger partial charge in [-0.15, -0.1) is 0 Å². The molecule has 0 heterocycles. The summed E-state index contributed by atoms with van der Waals surface area (Å²) in [5.41, 5.74) is 2.43. The second-order valence-corrected chi connectivity index (χ2v) is 6.22. The lowest BCUT2D eigenvalue weighted by Crippen LogP contribution is -2.29. The fraction of sp³-hybridized carbons (Fsp3) is 0.647. The van der Waals surface area contributed by atoms with Crippen molar-refractivity contribution in [1.29, 1.82) is 0 Å². The van der Waals surface area contributed by atoms with Crippen LogP contribution in [0.25, 0.3) is 0 Å². The van der Waals surface area contributed by atoms with Crippen molar-refractivity contribution in [3.63, 3.8) is 0 Å². The van der Waals surface area contributed by atoms with Crippen molar-refractivity contribution in [3.8, 4) is 5.75 Å². The van der Waals surface area contributed by atoms with E-state index in [2.05, 4.69) is 44.3 Å². The topological polar surface area (TPSA) is 21.3 Å². The van der Waals surface area contributed by atoms with Crippen LogP contribution in [0.4, 0.5) is 5.69 Å². The summed E-state index contributed by atoms with van der Waals surface area (Å²) < 4.78 is 5.45. The van der Waals surface area contributed by atoms with Gasteiger partial charge in [0.05, 0.1) is 12.8 Å². The van der Waals surface area contributed by atoms with Crippen molar-refractivity contribution >= 4 is 5.69 Å². The van der Waals surface area contributed by atoms with E-state index in [9.17, 15) is 0 Å². The highest BCUT2D eigenvalue weighted by Gasteiger charge is 2.24. The summed E-state index contributed by atoms with van der Waals surface area (Å²) in [5, 5.41) is 3.70. The lowest BCUT2D eigenvalue weighted by atomic mass is 9.79. The molecule has 0 radical (unpaired) electrons. The minimum Gasteiger partial charge on any atom is -0.495 e. The molecule has 1 aliphatic carbocycles. The molecular weight excluding hydrogens is 234 g/mol. The summed E-state index contributed by atoms with van der Waals surface area (Å²) in [4.78, 5) is 0. The molecule has 0 amide bonds. The van der Waals surface area contributed by atoms with Crippen LogP contribution in [0, 0.1) is 18.8 Å². The number of rotatable bonds is 4. The molecule has 0 aliphatic heterocycles. The first-order valence-corrected chi connectivity index (χ1v) is 7.51. The van der Waals surface area contributed by atoms with Gasteiger partial charge in [0.1, 0.15) is 5.75 Å². The maximum atomic E-state index is 5.45. The van der Waals surface area contributed by atoms with E-state index in [1.807, 2.05) is 0 Å². The molecule has 0 bridgehead atoms. The Morgan fingerprint density at radius 3 is 2.74 bits per heavy atom. The molecule has 2 nitrogen and oxygen atoms in total. The molecule has 2 heteroatoms. The molecule has 0 spiro atoms. The van der Waals surface area contributed by atoms with Gasteiger partial charge in [0.15, 0.2) is 0 Å². The number of benzene rings is 1. The molecular formula is C17H27NO. The Balaban J connectivity index is 2.06. The van der Waals surface area contributed by atoms with E-state index in [1.165, 1.54) is 31.2 Å². The van der Waals surface area contributed by atoms with E-state index in [-0.39, 0.29) is 0 Å². The second-order valence-electron chi connectivity index (χ2n) is 6.22. The molecule has 1 aromatic rings. The molecule has 2 rings (SSSR count). The number of nitrogens with one attached hydrogen (secondary N) is 1. The monoisotopic (exact) mass is 261 g/mol. The number of anilines is 1. The largest absolute Gasteiger partial charge is 0.495 e. The van der Waals surface area contributed by atoms with Crippen LogP contribution < -0.4 is 10.1 Å². The first-order chi connectivity index (χ1) is 9.10. The van der Waals surface area contributed by atoms with Gasteiger partial charge in [0, 0.05) is 6.04 Å². The van der Waals surface area contributed by atoms with E-state index in [4.69, 9.17) is 4.74 Å². The van der Waals surface area contributed by atoms with Crippen molar-refractivity contribution in [3.05, 3.63) is 23.8 Å². The lowest BCUT2D eigenvalue weighted by molar-refractivity contribution is 0.264. The van der Waals surface area contributed by atoms with E-state index in [0.29, 0.717) is 6.04 Å². The van der Waals surface area contributed by atoms with Crippen molar-refractivity contribution in [1.82, 2.24) is 0 Å². The summed E-state index contributed by atoms with van der Waals surface area (Å²) in [7, 11) is 1.74. The van der Waals surface area contributed by atoms with Crippen LogP contribution >= 0.6 is 0 Å². The van der Waals surface area contributed by atoms with Crippen LogP contribution in [-0.4, -0.2) is 13.2 Å². The summed E-state index contributed by atoms with van der Waals surface area (Å²) in [6.07, 6.45) is 5.30. The number of aryl methyl sites for hydroxylation is 1. The Morgan fingerprint density at radius 2 is 2.05 bits per heavy atom. The average Bonchev–Trinajstić information content (AvgIpc) is 2.39. The molecule has 1 saturated carbocycles. The summed E-state index contributed by atoms with van der Waals surface area (Å²) in [5.74, 6) is 2.61. The zero-order valence-corrected chi connectivity index (χ0v) is 12.7. The third-order valence-electron chi connectivity index (χ3n) is 4.37. The Bertz CT molecular complexity index is 414. The molecule has 0 aromatic heterocycles. The number of ether oxygens (including phenoxy) is 1. The third kappa shape index (κ3) is 3.65. The van der Waals surface area contributed by atoms with Gasteiger partial charge < -0.3 is 10.1 Å². The standard InChI is InChI=1S/C17H27NO/c1-12(2)14-6-5-7-15(11-14)18-16-10-13(3)8-9-17(16)19-4/h8-10,12,14-15,18H,5-7,11H2,1-4H3. The van der Waals surface area contributed by atoms with Gasteiger partial charge in [0.25, 0.3) is 0 Å². The maximum Gasteiger partial charge on any atom is 0.141 e. The van der Waals surface area contributed by atoms with E-state index in [1.54, 1.807) is 7.11 Å². The zero-order valence-electron chi connectivity index (χ0n) is 12.7. The lowest BCUT2D eigenvalue weighted by Gasteiger charge is -2.33. The summed E-state index contributed by atoms with van der Waals surface area (Å²) >= 11 is 0. The predicted octanol–water partition coefficient (Wildman–Crippen LogP) is 4.63. The zero-order chi connectivity index (χ0) is 13.8. The van der Waals surface area contributed by atoms with Crippen LogP contribution in [-0.2, 0) is 0 Å². The summed E-state index contributed by atoms with van der Waals surface area (Å²) in [6.45, 7) is 6.82. The van der Waals surface area contributed by atoms with Gasteiger partial charge in [-0.25, -0.2) is 0 Å². The molecule has 1 N–H and O–H groups in total. The molecule has 0 saturated heterocycles. The van der Waals surface area contributed by atoms with Gasteiger partial charge in [-0.1, -0.05) is 32.8 Å².